The topological polar surface area (TPSA) is 74.0 Å². The zero-order valence-electron chi connectivity index (χ0n) is 9.38. The Hall–Kier alpha value is -1.23. The molecular formula is C11H13N3O2Se. The van der Waals surface area contributed by atoms with Gasteiger partial charge >= 0.3 is 105 Å². The summed E-state index contributed by atoms with van der Waals surface area (Å²) < 4.78 is 8.53. The van der Waals surface area contributed by atoms with Crippen molar-refractivity contribution in [3.63, 3.8) is 0 Å². The average molecular weight is 298 g/mol. The molecular weight excluding hydrogens is 285 g/mol. The third kappa shape index (κ3) is 3.12. The van der Waals surface area contributed by atoms with Gasteiger partial charge in [-0.2, -0.15) is 0 Å². The molecule has 1 atom stereocenters. The van der Waals surface area contributed by atoms with Crippen LogP contribution in [0.15, 0.2) is 26.1 Å². The molecule has 1 aromatic carbocycles. The van der Waals surface area contributed by atoms with E-state index in [4.69, 9.17) is 5.11 Å². The van der Waals surface area contributed by atoms with E-state index in [2.05, 4.69) is 13.2 Å². The molecule has 0 spiro atoms. The van der Waals surface area contributed by atoms with Crippen LogP contribution in [0.2, 0.25) is 0 Å². The first-order chi connectivity index (χ1) is 8.16. The van der Waals surface area contributed by atoms with E-state index in [1.54, 1.807) is 6.92 Å². The molecule has 1 amide bonds. The van der Waals surface area contributed by atoms with Gasteiger partial charge in [0, 0.05) is 0 Å². The molecule has 0 saturated carbocycles. The van der Waals surface area contributed by atoms with Crippen LogP contribution in [0.1, 0.15) is 19.8 Å². The van der Waals surface area contributed by atoms with Gasteiger partial charge in [0.25, 0.3) is 0 Å². The van der Waals surface area contributed by atoms with Crippen molar-refractivity contribution in [3.8, 4) is 0 Å². The first-order valence-corrected chi connectivity index (χ1v) is 6.89. The number of fused-ring (bicyclic) bond motifs is 1. The minimum atomic E-state index is -0.453. The number of anilines is 1. The number of benzene rings is 1. The van der Waals surface area contributed by atoms with Crippen LogP contribution < -0.4 is 5.32 Å². The number of nitrogens with one attached hydrogen (secondary N) is 1. The number of aliphatic hydroxyl groups excluding tert-OH is 1. The van der Waals surface area contributed by atoms with Gasteiger partial charge < -0.3 is 0 Å². The number of hydrogen-bond acceptors (Lipinski definition) is 4. The fraction of sp³-hybridized carbons (Fsp3) is 0.364. The Bertz CT molecular complexity index is 507. The molecule has 0 bridgehead atoms. The second kappa shape index (κ2) is 5.40. The molecule has 0 radical (unpaired) electrons. The van der Waals surface area contributed by atoms with Crippen LogP contribution >= 0.6 is 0 Å². The van der Waals surface area contributed by atoms with Crippen LogP contribution in [0.5, 0.6) is 0 Å². The zero-order valence-corrected chi connectivity index (χ0v) is 11.1. The van der Waals surface area contributed by atoms with Crippen molar-refractivity contribution in [2.45, 2.75) is 25.9 Å². The Labute approximate surface area is 105 Å². The van der Waals surface area contributed by atoms with Gasteiger partial charge in [0.1, 0.15) is 0 Å². The molecule has 1 heterocycles. The fourth-order valence-electron chi connectivity index (χ4n) is 1.46. The quantitative estimate of drug-likeness (QED) is 0.849. The number of nitrogens with zero attached hydrogens (tertiary/aromatic N) is 2. The number of hydrogen-bond donors (Lipinski definition) is 2. The van der Waals surface area contributed by atoms with Crippen LogP contribution in [0, 0.1) is 0 Å². The van der Waals surface area contributed by atoms with Gasteiger partial charge in [-0.1, -0.05) is 0 Å². The SMILES string of the molecule is CC(O)CCC(=O)Nc1cccc2c1N=[Se]=N2. The maximum atomic E-state index is 11.6. The van der Waals surface area contributed by atoms with Gasteiger partial charge in [-0.05, 0) is 0 Å². The van der Waals surface area contributed by atoms with E-state index >= 15 is 0 Å². The minimum absolute atomic E-state index is 0.0945. The van der Waals surface area contributed by atoms with E-state index in [0.29, 0.717) is 18.5 Å². The first-order valence-electron chi connectivity index (χ1n) is 5.36. The standard InChI is InChI=1S/C11H13N3O2Se/c1-7(15)5-6-10(16)12-8-3-2-4-9-11(8)14-17-13-9/h2-4,7,15H,5-6H2,1H3,(H,12,16). The van der Waals surface area contributed by atoms with Gasteiger partial charge in [0.05, 0.1) is 0 Å². The summed E-state index contributed by atoms with van der Waals surface area (Å²) in [5, 5.41) is 11.9. The average Bonchev–Trinajstić information content (AvgIpc) is 2.75. The number of carbonyl (C=O) groups excluding carboxylic acids is 1. The summed E-state index contributed by atoms with van der Waals surface area (Å²) in [5.41, 5.74) is 2.33. The summed E-state index contributed by atoms with van der Waals surface area (Å²) in [4.78, 5) is 11.6. The Kier molecular flexibility index (Phi) is 3.89. The molecule has 1 unspecified atom stereocenters. The molecule has 90 valence electrons. The Morgan fingerprint density at radius 3 is 3.12 bits per heavy atom. The summed E-state index contributed by atoms with van der Waals surface area (Å²) in [6, 6.07) is 5.56. The molecule has 17 heavy (non-hydrogen) atoms. The van der Waals surface area contributed by atoms with Crippen molar-refractivity contribution >= 4 is 37.5 Å². The van der Waals surface area contributed by atoms with Crippen molar-refractivity contribution in [1.29, 1.82) is 0 Å². The second-order valence-corrected chi connectivity index (χ2v) is 4.98. The molecule has 0 aliphatic carbocycles. The van der Waals surface area contributed by atoms with E-state index in [-0.39, 0.29) is 20.5 Å². The monoisotopic (exact) mass is 299 g/mol. The molecule has 1 aliphatic heterocycles. The molecule has 2 N–H and O–H groups in total. The van der Waals surface area contributed by atoms with Crippen LogP contribution in [-0.4, -0.2) is 31.7 Å². The molecule has 0 fully saturated rings. The van der Waals surface area contributed by atoms with Crippen molar-refractivity contribution in [2.75, 3.05) is 5.32 Å². The predicted octanol–water partition coefficient (Wildman–Crippen LogP) is 2.13. The number of amides is 1. The second-order valence-electron chi connectivity index (χ2n) is 3.87. The van der Waals surface area contributed by atoms with E-state index in [1.165, 1.54) is 0 Å². The van der Waals surface area contributed by atoms with Gasteiger partial charge in [-0.15, -0.1) is 0 Å². The Morgan fingerprint density at radius 1 is 1.53 bits per heavy atom. The zero-order chi connectivity index (χ0) is 12.3. The van der Waals surface area contributed by atoms with Gasteiger partial charge in [-0.3, -0.25) is 0 Å². The van der Waals surface area contributed by atoms with Gasteiger partial charge in [0.2, 0.25) is 0 Å². The number of aliphatic hydroxyl groups is 1. The summed E-state index contributed by atoms with van der Waals surface area (Å²) in [6.07, 6.45) is 0.320. The first kappa shape index (κ1) is 12.2. The molecule has 5 nitrogen and oxygen atoms in total. The molecule has 0 aromatic heterocycles. The summed E-state index contributed by atoms with van der Waals surface area (Å²) in [7, 11) is 0. The van der Waals surface area contributed by atoms with Crippen molar-refractivity contribution in [2.24, 2.45) is 7.92 Å². The van der Waals surface area contributed by atoms with Crippen molar-refractivity contribution in [1.82, 2.24) is 0 Å². The van der Waals surface area contributed by atoms with Crippen molar-refractivity contribution < 1.29 is 9.90 Å². The normalized spacial score (nSPS) is 14.0. The van der Waals surface area contributed by atoms with Crippen LogP contribution in [0.3, 0.4) is 0 Å². The Morgan fingerprint density at radius 2 is 2.35 bits per heavy atom. The van der Waals surface area contributed by atoms with Crippen LogP contribution in [-0.2, 0) is 4.79 Å². The third-order valence-electron chi connectivity index (χ3n) is 2.35. The van der Waals surface area contributed by atoms with E-state index in [1.807, 2.05) is 18.2 Å². The number of carbonyl (C=O) groups is 1. The number of rotatable bonds is 4. The summed E-state index contributed by atoms with van der Waals surface area (Å²) in [5.74, 6) is -0.103. The third-order valence-corrected chi connectivity index (χ3v) is 3.49. The molecule has 1 aromatic rings. The van der Waals surface area contributed by atoms with E-state index in [0.717, 1.165) is 11.4 Å². The summed E-state index contributed by atoms with van der Waals surface area (Å²) in [6.45, 7) is 1.67. The van der Waals surface area contributed by atoms with E-state index in [9.17, 15) is 4.79 Å². The fourth-order valence-corrected chi connectivity index (χ4v) is 2.61. The van der Waals surface area contributed by atoms with Gasteiger partial charge in [0.15, 0.2) is 0 Å². The Balaban J connectivity index is 2.03. The maximum absolute atomic E-state index is 11.6. The van der Waals surface area contributed by atoms with Crippen LogP contribution in [0.25, 0.3) is 0 Å². The summed E-state index contributed by atoms with van der Waals surface area (Å²) >= 11 is -0.0945. The molecule has 2 rings (SSSR count). The van der Waals surface area contributed by atoms with Gasteiger partial charge in [-0.25, -0.2) is 0 Å². The molecule has 1 aliphatic rings. The van der Waals surface area contributed by atoms with Crippen LogP contribution in [0.4, 0.5) is 17.1 Å². The molecule has 6 heteroatoms. The van der Waals surface area contributed by atoms with E-state index < -0.39 is 6.10 Å². The molecule has 0 saturated heterocycles. The van der Waals surface area contributed by atoms with Crippen molar-refractivity contribution in [3.05, 3.63) is 18.2 Å². The predicted molar refractivity (Wildman–Crippen MR) is 65.9 cm³/mol.